The fraction of sp³-hybridized carbons (Fsp3) is 0.118. The minimum absolute atomic E-state index is 0.128. The first kappa shape index (κ1) is 19.8. The Morgan fingerprint density at radius 1 is 1.11 bits per heavy atom. The Hall–Kier alpha value is -1.93. The molecule has 1 aromatic heterocycles. The SMILES string of the molecule is Nn1c(SCC(=O)NCc2ccc(Cl)cc2Cl)nnc1-c1ccccc1Cl. The lowest BCUT2D eigenvalue weighted by Gasteiger charge is -2.07. The molecule has 0 aliphatic rings. The number of benzene rings is 2. The number of aromatic nitrogens is 3. The number of nitrogens with two attached hydrogens (primary N) is 1. The minimum Gasteiger partial charge on any atom is -0.351 e. The molecule has 3 rings (SSSR count). The van der Waals surface area contributed by atoms with Gasteiger partial charge in [-0.15, -0.1) is 10.2 Å². The summed E-state index contributed by atoms with van der Waals surface area (Å²) in [5.41, 5.74) is 1.45. The molecule has 0 saturated carbocycles. The summed E-state index contributed by atoms with van der Waals surface area (Å²) in [5, 5.41) is 12.8. The van der Waals surface area contributed by atoms with Gasteiger partial charge >= 0.3 is 0 Å². The van der Waals surface area contributed by atoms with Crippen LogP contribution in [-0.4, -0.2) is 26.5 Å². The van der Waals surface area contributed by atoms with Crippen LogP contribution in [0.25, 0.3) is 11.4 Å². The first-order chi connectivity index (χ1) is 13.0. The van der Waals surface area contributed by atoms with Crippen LogP contribution in [0.1, 0.15) is 5.56 Å². The molecule has 0 aliphatic carbocycles. The first-order valence-electron chi connectivity index (χ1n) is 7.74. The number of hydrogen-bond donors (Lipinski definition) is 2. The van der Waals surface area contributed by atoms with Gasteiger partial charge in [0.15, 0.2) is 5.82 Å². The van der Waals surface area contributed by atoms with Gasteiger partial charge in [-0.25, -0.2) is 4.68 Å². The van der Waals surface area contributed by atoms with Crippen molar-refractivity contribution in [2.24, 2.45) is 0 Å². The van der Waals surface area contributed by atoms with Crippen molar-refractivity contribution < 1.29 is 4.79 Å². The molecule has 0 bridgehead atoms. The van der Waals surface area contributed by atoms with Gasteiger partial charge < -0.3 is 11.2 Å². The number of carbonyl (C=O) groups is 1. The van der Waals surface area contributed by atoms with Gasteiger partial charge in [-0.3, -0.25) is 4.79 Å². The largest absolute Gasteiger partial charge is 0.351 e. The zero-order valence-corrected chi connectivity index (χ0v) is 16.9. The summed E-state index contributed by atoms with van der Waals surface area (Å²) < 4.78 is 1.31. The van der Waals surface area contributed by atoms with Crippen LogP contribution in [0.15, 0.2) is 47.6 Å². The molecule has 1 heterocycles. The molecular formula is C17H14Cl3N5OS. The third-order valence-electron chi connectivity index (χ3n) is 3.60. The molecule has 0 spiro atoms. The molecule has 2 aromatic carbocycles. The highest BCUT2D eigenvalue weighted by atomic mass is 35.5. The molecule has 0 atom stereocenters. The van der Waals surface area contributed by atoms with E-state index in [4.69, 9.17) is 40.6 Å². The second-order valence-corrected chi connectivity index (χ2v) is 7.65. The quantitative estimate of drug-likeness (QED) is 0.445. The molecule has 0 aliphatic heterocycles. The van der Waals surface area contributed by atoms with Crippen molar-refractivity contribution in [3.63, 3.8) is 0 Å². The number of amides is 1. The van der Waals surface area contributed by atoms with Crippen LogP contribution in [0.4, 0.5) is 0 Å². The van der Waals surface area contributed by atoms with Gasteiger partial charge in [0.1, 0.15) is 0 Å². The fourth-order valence-corrected chi connectivity index (χ4v) is 3.62. The van der Waals surface area contributed by atoms with Gasteiger partial charge in [-0.05, 0) is 29.8 Å². The van der Waals surface area contributed by atoms with Gasteiger partial charge in [0.25, 0.3) is 0 Å². The van der Waals surface area contributed by atoms with Gasteiger partial charge in [0.05, 0.1) is 10.8 Å². The Kier molecular flexibility index (Phi) is 6.49. The standard InChI is InChI=1S/C17H14Cl3N5OS/c18-11-6-5-10(14(20)7-11)8-22-15(26)9-27-17-24-23-16(25(17)21)12-3-1-2-4-13(12)19/h1-7H,8-9,21H2,(H,22,26). The minimum atomic E-state index is -0.187. The Morgan fingerprint density at radius 2 is 1.89 bits per heavy atom. The third kappa shape index (κ3) is 4.87. The van der Waals surface area contributed by atoms with E-state index in [-0.39, 0.29) is 11.7 Å². The maximum absolute atomic E-state index is 12.1. The van der Waals surface area contributed by atoms with E-state index in [1.165, 1.54) is 16.4 Å². The number of hydrogen-bond acceptors (Lipinski definition) is 5. The summed E-state index contributed by atoms with van der Waals surface area (Å²) in [4.78, 5) is 12.1. The van der Waals surface area contributed by atoms with Crippen LogP contribution in [0, 0.1) is 0 Å². The maximum Gasteiger partial charge on any atom is 0.230 e. The number of rotatable bonds is 6. The van der Waals surface area contributed by atoms with Gasteiger partial charge in [-0.2, -0.15) is 0 Å². The molecule has 0 fully saturated rings. The second kappa shape index (κ2) is 8.84. The Morgan fingerprint density at radius 3 is 2.63 bits per heavy atom. The Labute approximate surface area is 175 Å². The number of thioether (sulfide) groups is 1. The van der Waals surface area contributed by atoms with Crippen molar-refractivity contribution in [1.29, 1.82) is 0 Å². The molecule has 1 amide bonds. The molecule has 0 unspecified atom stereocenters. The van der Waals surface area contributed by atoms with Crippen molar-refractivity contribution in [2.45, 2.75) is 11.7 Å². The molecule has 3 aromatic rings. The predicted octanol–water partition coefficient (Wildman–Crippen LogP) is 4.03. The molecule has 140 valence electrons. The molecule has 6 nitrogen and oxygen atoms in total. The van der Waals surface area contributed by atoms with Gasteiger partial charge in [0.2, 0.25) is 11.1 Å². The van der Waals surface area contributed by atoms with Gasteiger partial charge in [-0.1, -0.05) is 64.8 Å². The molecule has 3 N–H and O–H groups in total. The van der Waals surface area contributed by atoms with Gasteiger partial charge in [0, 0.05) is 22.2 Å². The van der Waals surface area contributed by atoms with Crippen LogP contribution in [0.3, 0.4) is 0 Å². The number of nitrogen functional groups attached to an aromatic ring is 1. The average Bonchev–Trinajstić information content (AvgIpc) is 3.00. The smallest absolute Gasteiger partial charge is 0.230 e. The summed E-state index contributed by atoms with van der Waals surface area (Å²) in [7, 11) is 0. The molecule has 10 heteroatoms. The van der Waals surface area contributed by atoms with E-state index in [2.05, 4.69) is 15.5 Å². The van der Waals surface area contributed by atoms with Crippen LogP contribution in [0.2, 0.25) is 15.1 Å². The van der Waals surface area contributed by atoms with Crippen molar-refractivity contribution in [3.8, 4) is 11.4 Å². The van der Waals surface area contributed by atoms with E-state index in [0.717, 1.165) is 5.56 Å². The van der Waals surface area contributed by atoms with Crippen molar-refractivity contribution in [2.75, 3.05) is 11.6 Å². The highest BCUT2D eigenvalue weighted by Crippen LogP contribution is 2.27. The highest BCUT2D eigenvalue weighted by molar-refractivity contribution is 7.99. The third-order valence-corrected chi connectivity index (χ3v) is 5.46. The van der Waals surface area contributed by atoms with E-state index in [9.17, 15) is 4.79 Å². The topological polar surface area (TPSA) is 85.8 Å². The summed E-state index contributed by atoms with van der Waals surface area (Å²) >= 11 is 19.3. The summed E-state index contributed by atoms with van der Waals surface area (Å²) in [6.07, 6.45) is 0. The lowest BCUT2D eigenvalue weighted by atomic mass is 10.2. The monoisotopic (exact) mass is 441 g/mol. The normalized spacial score (nSPS) is 10.8. The zero-order chi connectivity index (χ0) is 19.4. The Bertz CT molecular complexity index is 979. The second-order valence-electron chi connectivity index (χ2n) is 5.46. The van der Waals surface area contributed by atoms with E-state index in [0.29, 0.717) is 38.2 Å². The molecule has 27 heavy (non-hydrogen) atoms. The van der Waals surface area contributed by atoms with E-state index < -0.39 is 0 Å². The number of carbonyl (C=O) groups excluding carboxylic acids is 1. The highest BCUT2D eigenvalue weighted by Gasteiger charge is 2.15. The fourth-order valence-electron chi connectivity index (χ4n) is 2.24. The number of halogens is 3. The average molecular weight is 443 g/mol. The Balaban J connectivity index is 1.59. The summed E-state index contributed by atoms with van der Waals surface area (Å²) in [5.74, 6) is 6.41. The first-order valence-corrected chi connectivity index (χ1v) is 9.86. The van der Waals surface area contributed by atoms with E-state index in [1.54, 1.807) is 30.3 Å². The number of nitrogens with one attached hydrogen (secondary N) is 1. The maximum atomic E-state index is 12.1. The molecular weight excluding hydrogens is 429 g/mol. The summed E-state index contributed by atoms with van der Waals surface area (Å²) in [6, 6.07) is 12.3. The predicted molar refractivity (Wildman–Crippen MR) is 110 cm³/mol. The zero-order valence-electron chi connectivity index (χ0n) is 13.8. The number of nitrogens with zero attached hydrogens (tertiary/aromatic N) is 3. The van der Waals surface area contributed by atoms with Crippen LogP contribution in [-0.2, 0) is 11.3 Å². The van der Waals surface area contributed by atoms with Crippen LogP contribution in [0.5, 0.6) is 0 Å². The van der Waals surface area contributed by atoms with E-state index in [1.807, 2.05) is 12.1 Å². The van der Waals surface area contributed by atoms with E-state index >= 15 is 0 Å². The van der Waals surface area contributed by atoms with Crippen molar-refractivity contribution in [3.05, 3.63) is 63.1 Å². The van der Waals surface area contributed by atoms with Crippen LogP contribution < -0.4 is 11.2 Å². The lowest BCUT2D eigenvalue weighted by Crippen LogP contribution is -2.25. The van der Waals surface area contributed by atoms with Crippen molar-refractivity contribution in [1.82, 2.24) is 20.2 Å². The lowest BCUT2D eigenvalue weighted by molar-refractivity contribution is -0.118. The van der Waals surface area contributed by atoms with Crippen molar-refractivity contribution >= 4 is 52.5 Å². The molecule has 0 saturated heterocycles. The molecule has 0 radical (unpaired) electrons. The summed E-state index contributed by atoms with van der Waals surface area (Å²) in [6.45, 7) is 0.301. The van der Waals surface area contributed by atoms with Crippen LogP contribution >= 0.6 is 46.6 Å².